The van der Waals surface area contributed by atoms with Crippen LogP contribution < -0.4 is 0 Å². The van der Waals surface area contributed by atoms with Crippen LogP contribution in [0.2, 0.25) is 0 Å². The summed E-state index contributed by atoms with van der Waals surface area (Å²) in [6, 6.07) is 0. The molecular weight excluding hydrogens is 414 g/mol. The lowest BCUT2D eigenvalue weighted by Gasteiger charge is -2.36. The standard InChI is InChI=1S/C11H20I2N2/c1-14-6-4-9(7-11(14)13)8-15-5-2-3-10(15)12/h9-11H,2-8H2,1H3. The maximum absolute atomic E-state index is 2.69. The number of nitrogens with zero attached hydrogens (tertiary/aromatic N) is 2. The fourth-order valence-electron chi connectivity index (χ4n) is 2.59. The number of rotatable bonds is 2. The first-order chi connectivity index (χ1) is 7.16. The van der Waals surface area contributed by atoms with E-state index >= 15 is 0 Å². The molecule has 0 bridgehead atoms. The van der Waals surface area contributed by atoms with Crippen LogP contribution >= 0.6 is 45.2 Å². The topological polar surface area (TPSA) is 6.48 Å². The number of piperidine rings is 1. The van der Waals surface area contributed by atoms with E-state index in [2.05, 4.69) is 62.0 Å². The number of halogens is 2. The Morgan fingerprint density at radius 3 is 2.53 bits per heavy atom. The number of alkyl halides is 2. The summed E-state index contributed by atoms with van der Waals surface area (Å²) < 4.78 is 1.58. The molecule has 0 amide bonds. The van der Waals surface area contributed by atoms with Crippen LogP contribution in [0.3, 0.4) is 0 Å². The summed E-state index contributed by atoms with van der Waals surface area (Å²) in [5, 5.41) is 0. The molecule has 0 saturated carbocycles. The second-order valence-electron chi connectivity index (χ2n) is 4.88. The minimum atomic E-state index is 0.761. The molecule has 2 heterocycles. The maximum Gasteiger partial charge on any atom is 0.0619 e. The third-order valence-electron chi connectivity index (χ3n) is 3.67. The van der Waals surface area contributed by atoms with Crippen molar-refractivity contribution in [1.29, 1.82) is 0 Å². The molecule has 2 aliphatic rings. The molecule has 2 nitrogen and oxygen atoms in total. The average molecular weight is 434 g/mol. The highest BCUT2D eigenvalue weighted by Gasteiger charge is 2.29. The van der Waals surface area contributed by atoms with Crippen LogP contribution in [0.5, 0.6) is 0 Å². The molecule has 2 aliphatic heterocycles. The van der Waals surface area contributed by atoms with Gasteiger partial charge in [-0.25, -0.2) is 0 Å². The van der Waals surface area contributed by atoms with E-state index < -0.39 is 0 Å². The lowest BCUT2D eigenvalue weighted by Crippen LogP contribution is -2.40. The van der Waals surface area contributed by atoms with Crippen molar-refractivity contribution in [3.63, 3.8) is 0 Å². The molecule has 0 aromatic heterocycles. The van der Waals surface area contributed by atoms with Crippen molar-refractivity contribution in [2.45, 2.75) is 33.8 Å². The monoisotopic (exact) mass is 434 g/mol. The molecule has 88 valence electrons. The van der Waals surface area contributed by atoms with E-state index in [1.807, 2.05) is 0 Å². The minimum absolute atomic E-state index is 0.761. The van der Waals surface area contributed by atoms with Gasteiger partial charge in [0.05, 0.1) is 8.10 Å². The van der Waals surface area contributed by atoms with Crippen LogP contribution in [0.4, 0.5) is 0 Å². The van der Waals surface area contributed by atoms with E-state index in [1.54, 1.807) is 0 Å². The van der Waals surface area contributed by atoms with Gasteiger partial charge in [-0.1, -0.05) is 45.2 Å². The van der Waals surface area contributed by atoms with Crippen molar-refractivity contribution in [1.82, 2.24) is 9.80 Å². The van der Waals surface area contributed by atoms with Gasteiger partial charge in [0.2, 0.25) is 0 Å². The van der Waals surface area contributed by atoms with Crippen LogP contribution in [0.25, 0.3) is 0 Å². The number of hydrogen-bond acceptors (Lipinski definition) is 2. The van der Waals surface area contributed by atoms with Crippen molar-refractivity contribution < 1.29 is 0 Å². The second-order valence-corrected chi connectivity index (χ2v) is 7.75. The van der Waals surface area contributed by atoms with Crippen molar-refractivity contribution in [2.75, 3.05) is 26.7 Å². The van der Waals surface area contributed by atoms with Crippen LogP contribution in [-0.2, 0) is 0 Å². The van der Waals surface area contributed by atoms with E-state index in [0.717, 1.165) is 14.0 Å². The van der Waals surface area contributed by atoms with Gasteiger partial charge >= 0.3 is 0 Å². The van der Waals surface area contributed by atoms with Crippen LogP contribution in [0.1, 0.15) is 25.7 Å². The van der Waals surface area contributed by atoms with E-state index in [9.17, 15) is 0 Å². The number of hydrogen-bond donors (Lipinski definition) is 0. The van der Waals surface area contributed by atoms with Gasteiger partial charge in [0.25, 0.3) is 0 Å². The van der Waals surface area contributed by atoms with Gasteiger partial charge in [0, 0.05) is 6.54 Å². The van der Waals surface area contributed by atoms with Crippen molar-refractivity contribution >= 4 is 45.2 Å². The Morgan fingerprint density at radius 2 is 1.93 bits per heavy atom. The molecule has 2 saturated heterocycles. The third-order valence-corrected chi connectivity index (χ3v) is 6.54. The highest BCUT2D eigenvalue weighted by molar-refractivity contribution is 14.1. The summed E-state index contributed by atoms with van der Waals surface area (Å²) >= 11 is 5.21. The average Bonchev–Trinajstić information content (AvgIpc) is 2.59. The van der Waals surface area contributed by atoms with Gasteiger partial charge in [0.15, 0.2) is 0 Å². The SMILES string of the molecule is CN1CCC(CN2CCCC2I)CC1I. The molecule has 0 aromatic carbocycles. The molecular formula is C11H20I2N2. The van der Waals surface area contributed by atoms with E-state index in [0.29, 0.717) is 0 Å². The van der Waals surface area contributed by atoms with Crippen LogP contribution in [-0.4, -0.2) is 44.6 Å². The van der Waals surface area contributed by atoms with Crippen molar-refractivity contribution in [3.8, 4) is 0 Å². The lowest BCUT2D eigenvalue weighted by atomic mass is 9.97. The molecule has 3 unspecified atom stereocenters. The van der Waals surface area contributed by atoms with Gasteiger partial charge in [-0.15, -0.1) is 0 Å². The first-order valence-electron chi connectivity index (χ1n) is 5.89. The molecule has 2 fully saturated rings. The quantitative estimate of drug-likeness (QED) is 0.375. The second kappa shape index (κ2) is 5.82. The fraction of sp³-hybridized carbons (Fsp3) is 1.00. The molecule has 0 spiro atoms. The van der Waals surface area contributed by atoms with Gasteiger partial charge in [0.1, 0.15) is 0 Å². The Bertz CT molecular complexity index is 213. The van der Waals surface area contributed by atoms with Crippen LogP contribution in [0.15, 0.2) is 0 Å². The Morgan fingerprint density at radius 1 is 1.13 bits per heavy atom. The van der Waals surface area contributed by atoms with Crippen molar-refractivity contribution in [2.24, 2.45) is 5.92 Å². The molecule has 0 aliphatic carbocycles. The van der Waals surface area contributed by atoms with Gasteiger partial charge in [-0.2, -0.15) is 0 Å². The Balaban J connectivity index is 1.80. The molecule has 15 heavy (non-hydrogen) atoms. The lowest BCUT2D eigenvalue weighted by molar-refractivity contribution is 0.165. The predicted octanol–water partition coefficient (Wildman–Crippen LogP) is 2.95. The van der Waals surface area contributed by atoms with Gasteiger partial charge in [-0.05, 0) is 51.7 Å². The summed E-state index contributed by atoms with van der Waals surface area (Å²) in [4.78, 5) is 5.18. The van der Waals surface area contributed by atoms with Crippen LogP contribution in [0, 0.1) is 5.92 Å². The normalized spacial score (nSPS) is 39.8. The highest BCUT2D eigenvalue weighted by Crippen LogP contribution is 2.30. The Kier molecular flexibility index (Phi) is 4.98. The molecule has 2 rings (SSSR count). The zero-order valence-electron chi connectivity index (χ0n) is 9.33. The fourth-order valence-corrected chi connectivity index (χ4v) is 4.53. The van der Waals surface area contributed by atoms with E-state index in [1.165, 1.54) is 45.3 Å². The largest absolute Gasteiger partial charge is 0.295 e. The summed E-state index contributed by atoms with van der Waals surface area (Å²) in [7, 11) is 2.25. The number of likely N-dealkylation sites (tertiary alicyclic amines) is 2. The van der Waals surface area contributed by atoms with Crippen molar-refractivity contribution in [3.05, 3.63) is 0 Å². The van der Waals surface area contributed by atoms with Gasteiger partial charge in [-0.3, -0.25) is 9.80 Å². The summed E-state index contributed by atoms with van der Waals surface area (Å²) in [5.41, 5.74) is 0. The molecule has 0 aromatic rings. The molecule has 3 atom stereocenters. The third kappa shape index (κ3) is 3.42. The highest BCUT2D eigenvalue weighted by atomic mass is 127. The summed E-state index contributed by atoms with van der Waals surface area (Å²) in [5.74, 6) is 0.943. The summed E-state index contributed by atoms with van der Waals surface area (Å²) in [6.45, 7) is 3.98. The smallest absolute Gasteiger partial charge is 0.0619 e. The first-order valence-corrected chi connectivity index (χ1v) is 8.38. The van der Waals surface area contributed by atoms with E-state index in [-0.39, 0.29) is 0 Å². The minimum Gasteiger partial charge on any atom is -0.295 e. The first kappa shape index (κ1) is 12.8. The Hall–Kier alpha value is 1.38. The molecule has 0 radical (unpaired) electrons. The van der Waals surface area contributed by atoms with Gasteiger partial charge < -0.3 is 0 Å². The molecule has 0 N–H and O–H groups in total. The van der Waals surface area contributed by atoms with E-state index in [4.69, 9.17) is 0 Å². The zero-order chi connectivity index (χ0) is 10.8. The zero-order valence-corrected chi connectivity index (χ0v) is 13.6. The Labute approximate surface area is 120 Å². The summed E-state index contributed by atoms with van der Waals surface area (Å²) in [6.07, 6.45) is 5.60. The molecule has 4 heteroatoms. The maximum atomic E-state index is 2.69. The predicted molar refractivity (Wildman–Crippen MR) is 81.8 cm³/mol.